The number of aromatic nitrogens is 4. The largest absolute Gasteiger partial charge is 0.325 e. The van der Waals surface area contributed by atoms with Gasteiger partial charge in [0.1, 0.15) is 0 Å². The van der Waals surface area contributed by atoms with Crippen molar-refractivity contribution in [1.29, 1.82) is 0 Å². The van der Waals surface area contributed by atoms with Crippen LogP contribution < -0.4 is 10.6 Å². The third-order valence-electron chi connectivity index (χ3n) is 3.36. The molecule has 0 aliphatic rings. The second kappa shape index (κ2) is 6.60. The average Bonchev–Trinajstić information content (AvgIpc) is 2.94. The lowest BCUT2D eigenvalue weighted by Crippen LogP contribution is -2.16. The molecule has 0 saturated heterocycles. The number of nitrogens with one attached hydrogen (secondary N) is 2. The second-order valence-corrected chi connectivity index (χ2v) is 6.43. The van der Waals surface area contributed by atoms with Crippen molar-refractivity contribution in [3.63, 3.8) is 0 Å². The van der Waals surface area contributed by atoms with Crippen molar-refractivity contribution in [2.24, 2.45) is 0 Å². The molecule has 0 aliphatic heterocycles. The molecule has 0 bridgehead atoms. The highest BCUT2D eigenvalue weighted by Crippen LogP contribution is 2.26. The minimum absolute atomic E-state index is 0.00468. The third kappa shape index (κ3) is 3.66. The van der Waals surface area contributed by atoms with Crippen molar-refractivity contribution < 1.29 is 9.59 Å². The summed E-state index contributed by atoms with van der Waals surface area (Å²) >= 11 is 3.34. The topological polar surface area (TPSA) is 101 Å². The minimum atomic E-state index is -0.493. The van der Waals surface area contributed by atoms with Crippen LogP contribution in [0.15, 0.2) is 28.7 Å². The summed E-state index contributed by atoms with van der Waals surface area (Å²) in [6.07, 6.45) is 0. The number of hydrogen-bond acceptors (Lipinski definition) is 5. The van der Waals surface area contributed by atoms with Crippen LogP contribution in [-0.2, 0) is 4.79 Å². The quantitative estimate of drug-likeness (QED) is 0.700. The van der Waals surface area contributed by atoms with E-state index in [1.807, 2.05) is 19.9 Å². The molecule has 2 aromatic heterocycles. The van der Waals surface area contributed by atoms with Gasteiger partial charge in [0.15, 0.2) is 0 Å². The van der Waals surface area contributed by atoms with Crippen LogP contribution in [0.1, 0.15) is 28.9 Å². The van der Waals surface area contributed by atoms with Crippen LogP contribution in [0.25, 0.3) is 5.78 Å². The Labute approximate surface area is 151 Å². The fourth-order valence-electron chi connectivity index (χ4n) is 2.36. The van der Waals surface area contributed by atoms with E-state index >= 15 is 0 Å². The van der Waals surface area contributed by atoms with E-state index in [-0.39, 0.29) is 11.7 Å². The summed E-state index contributed by atoms with van der Waals surface area (Å²) in [7, 11) is 0. The molecule has 0 spiro atoms. The molecule has 8 nitrogen and oxygen atoms in total. The van der Waals surface area contributed by atoms with Crippen molar-refractivity contribution in [2.45, 2.75) is 20.8 Å². The highest BCUT2D eigenvalue weighted by atomic mass is 79.9. The lowest BCUT2D eigenvalue weighted by atomic mass is 10.2. The zero-order chi connectivity index (χ0) is 18.1. The van der Waals surface area contributed by atoms with Crippen molar-refractivity contribution in [2.75, 3.05) is 10.6 Å². The van der Waals surface area contributed by atoms with Crippen molar-refractivity contribution in [1.82, 2.24) is 19.6 Å². The Bertz CT molecular complexity index is 998. The first-order chi connectivity index (χ1) is 11.8. The van der Waals surface area contributed by atoms with E-state index in [1.165, 1.54) is 11.4 Å². The molecule has 25 heavy (non-hydrogen) atoms. The molecule has 3 aromatic rings. The monoisotopic (exact) mass is 402 g/mol. The molecular weight excluding hydrogens is 388 g/mol. The highest BCUT2D eigenvalue weighted by Gasteiger charge is 2.17. The van der Waals surface area contributed by atoms with Gasteiger partial charge in [-0.05, 0) is 38.1 Å². The molecule has 0 atom stereocenters. The first-order valence-corrected chi connectivity index (χ1v) is 8.22. The molecule has 128 valence electrons. The predicted molar refractivity (Wildman–Crippen MR) is 96.7 cm³/mol. The molecule has 2 N–H and O–H groups in total. The van der Waals surface area contributed by atoms with E-state index in [9.17, 15) is 9.59 Å². The van der Waals surface area contributed by atoms with E-state index in [2.05, 4.69) is 41.6 Å². The normalized spacial score (nSPS) is 10.7. The van der Waals surface area contributed by atoms with Crippen LogP contribution in [-0.4, -0.2) is 31.4 Å². The first kappa shape index (κ1) is 17.0. The summed E-state index contributed by atoms with van der Waals surface area (Å²) in [4.78, 5) is 32.3. The number of nitrogens with zero attached hydrogens (tertiary/aromatic N) is 4. The van der Waals surface area contributed by atoms with Gasteiger partial charge in [0, 0.05) is 22.8 Å². The third-order valence-corrected chi connectivity index (χ3v) is 3.86. The number of anilines is 2. The van der Waals surface area contributed by atoms with Gasteiger partial charge in [-0.3, -0.25) is 9.59 Å². The average molecular weight is 403 g/mol. The number of aryl methyl sites for hydroxylation is 2. The molecule has 1 aromatic carbocycles. The molecule has 2 amide bonds. The maximum absolute atomic E-state index is 12.5. The zero-order valence-electron chi connectivity index (χ0n) is 13.8. The van der Waals surface area contributed by atoms with Crippen molar-refractivity contribution >= 4 is 44.9 Å². The lowest BCUT2D eigenvalue weighted by molar-refractivity contribution is -0.114. The predicted octanol–water partition coefficient (Wildman–Crippen LogP) is 2.71. The lowest BCUT2D eigenvalue weighted by Gasteiger charge is -2.10. The number of benzene rings is 1. The van der Waals surface area contributed by atoms with Crippen LogP contribution in [0, 0.1) is 13.8 Å². The molecule has 0 aliphatic carbocycles. The Balaban J connectivity index is 1.94. The molecule has 0 fully saturated rings. The number of amides is 2. The maximum Gasteiger partial charge on any atom is 0.295 e. The van der Waals surface area contributed by atoms with Gasteiger partial charge in [0.2, 0.25) is 11.7 Å². The van der Waals surface area contributed by atoms with E-state index in [0.717, 1.165) is 15.9 Å². The fourth-order valence-corrected chi connectivity index (χ4v) is 2.72. The Morgan fingerprint density at radius 1 is 1.08 bits per heavy atom. The number of carbonyl (C=O) groups is 2. The molecule has 0 radical (unpaired) electrons. The number of carbonyl (C=O) groups excluding carboxylic acids is 2. The van der Waals surface area contributed by atoms with Crippen LogP contribution in [0.4, 0.5) is 11.4 Å². The number of fused-ring (bicyclic) bond motifs is 1. The van der Waals surface area contributed by atoms with Crippen LogP contribution in [0.2, 0.25) is 0 Å². The Morgan fingerprint density at radius 2 is 1.84 bits per heavy atom. The first-order valence-electron chi connectivity index (χ1n) is 7.43. The molecular formula is C16H15BrN6O2. The Morgan fingerprint density at radius 3 is 2.56 bits per heavy atom. The van der Waals surface area contributed by atoms with E-state index in [1.54, 1.807) is 18.2 Å². The van der Waals surface area contributed by atoms with Gasteiger partial charge in [0.25, 0.3) is 11.7 Å². The second-order valence-electron chi connectivity index (χ2n) is 5.51. The van der Waals surface area contributed by atoms with E-state index < -0.39 is 5.91 Å². The molecule has 2 heterocycles. The molecule has 0 unspecified atom stereocenters. The number of rotatable bonds is 3. The van der Waals surface area contributed by atoms with Gasteiger partial charge in [-0.15, -0.1) is 5.10 Å². The smallest absolute Gasteiger partial charge is 0.295 e. The highest BCUT2D eigenvalue weighted by molar-refractivity contribution is 9.10. The minimum Gasteiger partial charge on any atom is -0.325 e. The number of hydrogen-bond donors (Lipinski definition) is 2. The summed E-state index contributed by atoms with van der Waals surface area (Å²) in [5.74, 6) is -0.375. The fraction of sp³-hybridized carbons (Fsp3) is 0.188. The van der Waals surface area contributed by atoms with Gasteiger partial charge >= 0.3 is 0 Å². The number of halogens is 1. The molecule has 9 heteroatoms. The van der Waals surface area contributed by atoms with Crippen molar-refractivity contribution in [3.05, 3.63) is 46.0 Å². The van der Waals surface area contributed by atoms with Crippen LogP contribution in [0.3, 0.4) is 0 Å². The molecule has 3 rings (SSSR count). The summed E-state index contributed by atoms with van der Waals surface area (Å²) in [6.45, 7) is 5.11. The maximum atomic E-state index is 12.5. The van der Waals surface area contributed by atoms with Gasteiger partial charge < -0.3 is 10.6 Å². The summed E-state index contributed by atoms with van der Waals surface area (Å²) in [5.41, 5.74) is 2.55. The van der Waals surface area contributed by atoms with Crippen LogP contribution >= 0.6 is 15.9 Å². The zero-order valence-corrected chi connectivity index (χ0v) is 15.4. The summed E-state index contributed by atoms with van der Waals surface area (Å²) in [6, 6.07) is 6.99. The summed E-state index contributed by atoms with van der Waals surface area (Å²) < 4.78 is 2.27. The van der Waals surface area contributed by atoms with Gasteiger partial charge in [-0.2, -0.15) is 4.98 Å². The van der Waals surface area contributed by atoms with E-state index in [4.69, 9.17) is 0 Å². The van der Waals surface area contributed by atoms with E-state index in [0.29, 0.717) is 17.2 Å². The van der Waals surface area contributed by atoms with Gasteiger partial charge in [-0.25, -0.2) is 9.50 Å². The van der Waals surface area contributed by atoms with Gasteiger partial charge in [0.05, 0.1) is 11.4 Å². The van der Waals surface area contributed by atoms with Crippen LogP contribution in [0.5, 0.6) is 0 Å². The SMILES string of the molecule is CC(=O)Nc1ccc(Br)cc1NC(=O)c1nc2nc(C)cc(C)n2n1. The Kier molecular flexibility index (Phi) is 4.49. The molecule has 0 saturated carbocycles. The standard InChI is InChI=1S/C16H15BrN6O2/c1-8-6-9(2)23-16(18-8)21-14(22-23)15(25)20-13-7-11(17)4-5-12(13)19-10(3)24/h4-7H,1-3H3,(H,19,24)(H,20,25). The van der Waals surface area contributed by atoms with Gasteiger partial charge in [-0.1, -0.05) is 15.9 Å². The van der Waals surface area contributed by atoms with Crippen molar-refractivity contribution in [3.8, 4) is 0 Å². The Hall–Kier alpha value is -2.81. The summed E-state index contributed by atoms with van der Waals surface area (Å²) in [5, 5.41) is 9.58.